The Labute approximate surface area is 44.4 Å². The van der Waals surface area contributed by atoms with Gasteiger partial charge in [0, 0.05) is 5.70 Å². The lowest BCUT2D eigenvalue weighted by Gasteiger charge is -2.00. The molecule has 42 valence electrons. The maximum absolute atomic E-state index is 5.13. The number of hydrogen-bond acceptors (Lipinski definition) is 2. The average Bonchev–Trinajstić information content (AvgIpc) is 1.68. The smallest absolute Gasteiger partial charge is 0.0624 e. The normalized spacial score (nSPS) is 8.29. The Bertz CT molecular complexity index is 59.1. The van der Waals surface area contributed by atoms with Crippen molar-refractivity contribution in [2.24, 2.45) is 5.73 Å². The van der Waals surface area contributed by atoms with Crippen LogP contribution in [0.1, 0.15) is 13.3 Å². The SMILES string of the molecule is C=C(CC)NCN. The second-order valence-corrected chi connectivity index (χ2v) is 1.34. The molecule has 0 saturated heterocycles. The van der Waals surface area contributed by atoms with Crippen LogP contribution in [0.2, 0.25) is 0 Å². The molecule has 7 heavy (non-hydrogen) atoms. The first-order valence-corrected chi connectivity index (χ1v) is 2.43. The molecule has 0 aliphatic heterocycles. The van der Waals surface area contributed by atoms with E-state index in [0.29, 0.717) is 6.67 Å². The van der Waals surface area contributed by atoms with E-state index < -0.39 is 0 Å². The Morgan fingerprint density at radius 2 is 2.43 bits per heavy atom. The van der Waals surface area contributed by atoms with Crippen molar-refractivity contribution >= 4 is 0 Å². The summed E-state index contributed by atoms with van der Waals surface area (Å²) in [5.74, 6) is 0. The molecule has 0 aromatic carbocycles. The van der Waals surface area contributed by atoms with Gasteiger partial charge in [-0.3, -0.25) is 0 Å². The van der Waals surface area contributed by atoms with Crippen molar-refractivity contribution < 1.29 is 0 Å². The molecule has 2 nitrogen and oxygen atoms in total. The van der Waals surface area contributed by atoms with E-state index in [9.17, 15) is 0 Å². The lowest BCUT2D eigenvalue weighted by Crippen LogP contribution is -2.20. The minimum atomic E-state index is 0.493. The average molecular weight is 100 g/mol. The number of allylic oxidation sites excluding steroid dienone is 1. The van der Waals surface area contributed by atoms with Crippen LogP contribution in [0.15, 0.2) is 12.3 Å². The molecule has 3 N–H and O–H groups in total. The van der Waals surface area contributed by atoms with E-state index in [4.69, 9.17) is 5.73 Å². The highest BCUT2D eigenvalue weighted by Crippen LogP contribution is 1.85. The molecule has 0 amide bonds. The molecule has 0 aliphatic carbocycles. The van der Waals surface area contributed by atoms with Gasteiger partial charge in [0.2, 0.25) is 0 Å². The first kappa shape index (κ1) is 6.50. The van der Waals surface area contributed by atoms with Crippen LogP contribution in [0.3, 0.4) is 0 Å². The van der Waals surface area contributed by atoms with Crippen LogP contribution in [-0.2, 0) is 0 Å². The lowest BCUT2D eigenvalue weighted by atomic mass is 10.4. The first-order valence-electron chi connectivity index (χ1n) is 2.43. The second-order valence-electron chi connectivity index (χ2n) is 1.34. The van der Waals surface area contributed by atoms with Crippen LogP contribution in [-0.4, -0.2) is 6.67 Å². The summed E-state index contributed by atoms with van der Waals surface area (Å²) >= 11 is 0. The molecule has 0 bridgehead atoms. The van der Waals surface area contributed by atoms with Crippen LogP contribution >= 0.6 is 0 Å². The van der Waals surface area contributed by atoms with Crippen LogP contribution in [0.25, 0.3) is 0 Å². The Morgan fingerprint density at radius 1 is 1.86 bits per heavy atom. The van der Waals surface area contributed by atoms with Gasteiger partial charge in [0.25, 0.3) is 0 Å². The van der Waals surface area contributed by atoms with Crippen molar-refractivity contribution in [1.29, 1.82) is 0 Å². The van der Waals surface area contributed by atoms with E-state index in [2.05, 4.69) is 11.9 Å². The van der Waals surface area contributed by atoms with Crippen molar-refractivity contribution in [2.45, 2.75) is 13.3 Å². The maximum Gasteiger partial charge on any atom is 0.0624 e. The summed E-state index contributed by atoms with van der Waals surface area (Å²) < 4.78 is 0. The minimum absolute atomic E-state index is 0.493. The quantitative estimate of drug-likeness (QED) is 0.504. The predicted molar refractivity (Wildman–Crippen MR) is 31.6 cm³/mol. The van der Waals surface area contributed by atoms with E-state index in [-0.39, 0.29) is 0 Å². The molecule has 0 aromatic heterocycles. The summed E-state index contributed by atoms with van der Waals surface area (Å²) in [5, 5.41) is 2.88. The van der Waals surface area contributed by atoms with Crippen molar-refractivity contribution in [1.82, 2.24) is 5.32 Å². The summed E-state index contributed by atoms with van der Waals surface area (Å²) in [6.45, 7) is 6.20. The Morgan fingerprint density at radius 3 is 2.57 bits per heavy atom. The zero-order valence-electron chi connectivity index (χ0n) is 4.70. The second kappa shape index (κ2) is 3.68. The zero-order chi connectivity index (χ0) is 5.70. The van der Waals surface area contributed by atoms with Gasteiger partial charge in [0.1, 0.15) is 0 Å². The van der Waals surface area contributed by atoms with Crippen LogP contribution in [0, 0.1) is 0 Å². The molecule has 0 heterocycles. The van der Waals surface area contributed by atoms with Gasteiger partial charge in [0.05, 0.1) is 6.67 Å². The lowest BCUT2D eigenvalue weighted by molar-refractivity contribution is 0.791. The minimum Gasteiger partial charge on any atom is -0.376 e. The predicted octanol–water partition coefficient (Wildman–Crippen LogP) is 0.416. The monoisotopic (exact) mass is 100 g/mol. The molecule has 0 rings (SSSR count). The van der Waals surface area contributed by atoms with E-state index in [1.165, 1.54) is 0 Å². The van der Waals surface area contributed by atoms with E-state index in [0.717, 1.165) is 12.1 Å². The highest BCUT2D eigenvalue weighted by atomic mass is 15.0. The fraction of sp³-hybridized carbons (Fsp3) is 0.600. The maximum atomic E-state index is 5.13. The van der Waals surface area contributed by atoms with Crippen molar-refractivity contribution in [3.8, 4) is 0 Å². The highest BCUT2D eigenvalue weighted by molar-refractivity contribution is 4.87. The summed E-state index contributed by atoms with van der Waals surface area (Å²) in [6, 6.07) is 0. The molecule has 0 aromatic rings. The number of nitrogens with two attached hydrogens (primary N) is 1. The van der Waals surface area contributed by atoms with Crippen LogP contribution < -0.4 is 11.1 Å². The Balaban J connectivity index is 3.00. The van der Waals surface area contributed by atoms with Gasteiger partial charge in [-0.15, -0.1) is 0 Å². The molecular weight excluding hydrogens is 88.1 g/mol. The van der Waals surface area contributed by atoms with Gasteiger partial charge in [-0.25, -0.2) is 0 Å². The van der Waals surface area contributed by atoms with Crippen LogP contribution in [0.4, 0.5) is 0 Å². The van der Waals surface area contributed by atoms with Crippen molar-refractivity contribution in [2.75, 3.05) is 6.67 Å². The van der Waals surface area contributed by atoms with Gasteiger partial charge >= 0.3 is 0 Å². The molecule has 2 heteroatoms. The Kier molecular flexibility index (Phi) is 3.42. The molecule has 0 fully saturated rings. The molecular formula is C5H12N2. The summed E-state index contributed by atoms with van der Waals surface area (Å²) in [4.78, 5) is 0. The summed E-state index contributed by atoms with van der Waals surface area (Å²) in [6.07, 6.45) is 0.956. The standard InChI is InChI=1S/C5H12N2/c1-3-5(2)7-4-6/h7H,2-4,6H2,1H3. The third-order valence-electron chi connectivity index (χ3n) is 0.779. The summed E-state index contributed by atoms with van der Waals surface area (Å²) in [7, 11) is 0. The third kappa shape index (κ3) is 3.33. The molecule has 0 atom stereocenters. The van der Waals surface area contributed by atoms with Gasteiger partial charge in [0.15, 0.2) is 0 Å². The highest BCUT2D eigenvalue weighted by Gasteiger charge is 1.79. The molecule has 0 aliphatic rings. The molecule has 0 spiro atoms. The van der Waals surface area contributed by atoms with Crippen molar-refractivity contribution in [3.63, 3.8) is 0 Å². The van der Waals surface area contributed by atoms with Crippen molar-refractivity contribution in [3.05, 3.63) is 12.3 Å². The third-order valence-corrected chi connectivity index (χ3v) is 0.779. The van der Waals surface area contributed by atoms with Gasteiger partial charge in [-0.2, -0.15) is 0 Å². The number of nitrogens with one attached hydrogen (secondary N) is 1. The van der Waals surface area contributed by atoms with Gasteiger partial charge in [-0.1, -0.05) is 13.5 Å². The first-order chi connectivity index (χ1) is 3.31. The zero-order valence-corrected chi connectivity index (χ0v) is 4.70. The largest absolute Gasteiger partial charge is 0.376 e. The molecule has 0 radical (unpaired) electrons. The number of rotatable bonds is 3. The molecule has 0 unspecified atom stereocenters. The fourth-order valence-electron chi connectivity index (χ4n) is 0.269. The topological polar surface area (TPSA) is 38.0 Å². The van der Waals surface area contributed by atoms with Crippen LogP contribution in [0.5, 0.6) is 0 Å². The Hall–Kier alpha value is -0.500. The fourth-order valence-corrected chi connectivity index (χ4v) is 0.269. The molecule has 0 saturated carbocycles. The van der Waals surface area contributed by atoms with Gasteiger partial charge in [-0.05, 0) is 6.42 Å². The van der Waals surface area contributed by atoms with Gasteiger partial charge < -0.3 is 11.1 Å². The van der Waals surface area contributed by atoms with E-state index in [1.54, 1.807) is 0 Å². The number of hydrogen-bond donors (Lipinski definition) is 2. The van der Waals surface area contributed by atoms with E-state index >= 15 is 0 Å². The summed E-state index contributed by atoms with van der Waals surface area (Å²) in [5.41, 5.74) is 6.14. The van der Waals surface area contributed by atoms with E-state index in [1.807, 2.05) is 6.92 Å².